The van der Waals surface area contributed by atoms with Crippen LogP contribution in [0.15, 0.2) is 83.8 Å². The smallest absolute Gasteiger partial charge is 0.339 e. The van der Waals surface area contributed by atoms with Crippen LogP contribution in [0.3, 0.4) is 0 Å². The highest BCUT2D eigenvalue weighted by atomic mass is 79.9. The zero-order chi connectivity index (χ0) is 18.6. The van der Waals surface area contributed by atoms with Crippen LogP contribution in [0.2, 0.25) is 0 Å². The van der Waals surface area contributed by atoms with Crippen LogP contribution >= 0.6 is 15.9 Å². The molecular weight excluding hydrogens is 416 g/mol. The first kappa shape index (κ1) is 18.4. The van der Waals surface area contributed by atoms with Crippen LogP contribution in [0, 0.1) is 0 Å². The van der Waals surface area contributed by atoms with Crippen LogP contribution in [0.1, 0.15) is 10.4 Å². The third-order valence-corrected chi connectivity index (χ3v) is 5.52. The molecule has 4 nitrogen and oxygen atoms in total. The Kier molecular flexibility index (Phi) is 5.54. The Labute approximate surface area is 160 Å². The number of ketones is 1. The van der Waals surface area contributed by atoms with Gasteiger partial charge in [0.1, 0.15) is 10.6 Å². The van der Waals surface area contributed by atoms with E-state index in [1.54, 1.807) is 12.1 Å². The van der Waals surface area contributed by atoms with Gasteiger partial charge in [-0.15, -0.1) is 0 Å². The quantitative estimate of drug-likeness (QED) is 0.323. The number of benzene rings is 3. The predicted molar refractivity (Wildman–Crippen MR) is 104 cm³/mol. The van der Waals surface area contributed by atoms with Gasteiger partial charge in [-0.25, -0.2) is 0 Å². The Balaban J connectivity index is 1.79. The summed E-state index contributed by atoms with van der Waals surface area (Å²) in [6.45, 7) is 0. The van der Waals surface area contributed by atoms with Crippen LogP contribution in [0.5, 0.6) is 5.75 Å². The van der Waals surface area contributed by atoms with Gasteiger partial charge in [0, 0.05) is 5.56 Å². The molecule has 26 heavy (non-hydrogen) atoms. The van der Waals surface area contributed by atoms with E-state index in [1.165, 1.54) is 36.4 Å². The fourth-order valence-electron chi connectivity index (χ4n) is 2.39. The highest BCUT2D eigenvalue weighted by Gasteiger charge is 2.17. The summed E-state index contributed by atoms with van der Waals surface area (Å²) in [4.78, 5) is 11.6. The summed E-state index contributed by atoms with van der Waals surface area (Å²) in [6, 6.07) is 22.2. The van der Waals surface area contributed by atoms with E-state index >= 15 is 0 Å². The number of halogens is 1. The molecule has 0 aromatic heterocycles. The molecule has 0 radical (unpaired) electrons. The lowest BCUT2D eigenvalue weighted by Crippen LogP contribution is -2.10. The Bertz CT molecular complexity index is 996. The van der Waals surface area contributed by atoms with Gasteiger partial charge in [0.2, 0.25) is 0 Å². The van der Waals surface area contributed by atoms with Gasteiger partial charge in [-0.1, -0.05) is 58.4 Å². The monoisotopic (exact) mass is 430 g/mol. The predicted octanol–water partition coefficient (Wildman–Crippen LogP) is 4.70. The lowest BCUT2D eigenvalue weighted by molar-refractivity contribution is 0.102. The van der Waals surface area contributed by atoms with Crippen molar-refractivity contribution in [3.8, 4) is 16.9 Å². The molecule has 0 spiro atoms. The molecule has 0 aliphatic heterocycles. The Morgan fingerprint density at radius 2 is 1.38 bits per heavy atom. The molecule has 0 aliphatic carbocycles. The molecule has 0 aliphatic rings. The fraction of sp³-hybridized carbons (Fsp3) is 0.0500. The van der Waals surface area contributed by atoms with E-state index in [0.29, 0.717) is 5.56 Å². The molecule has 0 amide bonds. The minimum atomic E-state index is -3.95. The summed E-state index contributed by atoms with van der Waals surface area (Å²) >= 11 is 3.10. The number of hydrogen-bond acceptors (Lipinski definition) is 4. The molecule has 0 saturated heterocycles. The summed E-state index contributed by atoms with van der Waals surface area (Å²) in [5.41, 5.74) is 2.41. The molecular formula is C20H15BrO4S. The molecule has 3 rings (SSSR count). The first-order valence-electron chi connectivity index (χ1n) is 7.79. The largest absolute Gasteiger partial charge is 0.379 e. The normalized spacial score (nSPS) is 11.1. The maximum Gasteiger partial charge on any atom is 0.339 e. The van der Waals surface area contributed by atoms with Crippen LogP contribution < -0.4 is 4.18 Å². The van der Waals surface area contributed by atoms with Crippen molar-refractivity contribution in [2.45, 2.75) is 4.90 Å². The van der Waals surface area contributed by atoms with E-state index in [2.05, 4.69) is 15.9 Å². The molecule has 0 heterocycles. The highest BCUT2D eigenvalue weighted by molar-refractivity contribution is 9.09. The maximum absolute atomic E-state index is 12.4. The molecule has 0 atom stereocenters. The van der Waals surface area contributed by atoms with Gasteiger partial charge in [-0.05, 0) is 47.5 Å². The molecule has 0 saturated carbocycles. The van der Waals surface area contributed by atoms with Crippen LogP contribution in [-0.2, 0) is 10.1 Å². The Morgan fingerprint density at radius 3 is 1.96 bits per heavy atom. The minimum absolute atomic E-state index is 0.0674. The molecule has 0 fully saturated rings. The van der Waals surface area contributed by atoms with Gasteiger partial charge < -0.3 is 4.18 Å². The molecule has 0 bridgehead atoms. The number of Topliss-reactive ketones (excluding diaryl/α,β-unsaturated/α-hetero) is 1. The topological polar surface area (TPSA) is 60.4 Å². The summed E-state index contributed by atoms with van der Waals surface area (Å²) in [7, 11) is -3.95. The van der Waals surface area contributed by atoms with Crippen molar-refractivity contribution in [1.82, 2.24) is 0 Å². The van der Waals surface area contributed by atoms with Crippen molar-refractivity contribution in [3.63, 3.8) is 0 Å². The maximum atomic E-state index is 12.4. The summed E-state index contributed by atoms with van der Waals surface area (Å²) in [5, 5.41) is 0.208. The van der Waals surface area contributed by atoms with Gasteiger partial charge in [0.25, 0.3) is 0 Å². The van der Waals surface area contributed by atoms with Gasteiger partial charge in [0.05, 0.1) is 5.33 Å². The second kappa shape index (κ2) is 7.85. The first-order chi connectivity index (χ1) is 12.5. The van der Waals surface area contributed by atoms with Gasteiger partial charge >= 0.3 is 10.1 Å². The highest BCUT2D eigenvalue weighted by Crippen LogP contribution is 2.23. The van der Waals surface area contributed by atoms with Crippen LogP contribution in [0.25, 0.3) is 11.1 Å². The number of rotatable bonds is 6. The average molecular weight is 431 g/mol. The first-order valence-corrected chi connectivity index (χ1v) is 10.3. The number of hydrogen-bond donors (Lipinski definition) is 0. The molecule has 3 aromatic carbocycles. The number of alkyl halides is 1. The second-order valence-corrected chi connectivity index (χ2v) is 7.62. The van der Waals surface area contributed by atoms with E-state index in [-0.39, 0.29) is 21.8 Å². The van der Waals surface area contributed by atoms with E-state index < -0.39 is 10.1 Å². The Hall–Kier alpha value is -2.44. The molecule has 132 valence electrons. The van der Waals surface area contributed by atoms with E-state index in [9.17, 15) is 13.2 Å². The van der Waals surface area contributed by atoms with Crippen molar-refractivity contribution in [2.24, 2.45) is 0 Å². The zero-order valence-corrected chi connectivity index (χ0v) is 16.0. The van der Waals surface area contributed by atoms with Crippen molar-refractivity contribution >= 4 is 31.8 Å². The van der Waals surface area contributed by atoms with Crippen molar-refractivity contribution in [1.29, 1.82) is 0 Å². The van der Waals surface area contributed by atoms with Crippen molar-refractivity contribution < 1.29 is 17.4 Å². The third-order valence-electron chi connectivity index (χ3n) is 3.75. The van der Waals surface area contributed by atoms with E-state index in [4.69, 9.17) is 4.18 Å². The van der Waals surface area contributed by atoms with Crippen LogP contribution in [0.4, 0.5) is 0 Å². The molecule has 3 aromatic rings. The van der Waals surface area contributed by atoms with E-state index in [0.717, 1.165) is 11.1 Å². The SMILES string of the molecule is O=C(CBr)c1ccc(OS(=O)(=O)c2ccc(-c3ccccc3)cc2)cc1. The number of carbonyl (C=O) groups is 1. The summed E-state index contributed by atoms with van der Waals surface area (Å²) in [5.74, 6) is 0.0687. The second-order valence-electron chi connectivity index (χ2n) is 5.51. The lowest BCUT2D eigenvalue weighted by atomic mass is 10.1. The standard InChI is InChI=1S/C20H15BrO4S/c21-14-20(22)17-6-10-18(11-7-17)25-26(23,24)19-12-8-16(9-13-19)15-4-2-1-3-5-15/h1-13H,14H2. The molecule has 0 N–H and O–H groups in total. The lowest BCUT2D eigenvalue weighted by Gasteiger charge is -2.08. The van der Waals surface area contributed by atoms with Crippen molar-refractivity contribution in [3.05, 3.63) is 84.4 Å². The van der Waals surface area contributed by atoms with Gasteiger partial charge in [-0.2, -0.15) is 8.42 Å². The molecule has 0 unspecified atom stereocenters. The average Bonchev–Trinajstić information content (AvgIpc) is 2.68. The van der Waals surface area contributed by atoms with Crippen LogP contribution in [-0.4, -0.2) is 19.5 Å². The Morgan fingerprint density at radius 1 is 0.808 bits per heavy atom. The minimum Gasteiger partial charge on any atom is -0.379 e. The van der Waals surface area contributed by atoms with Gasteiger partial charge in [0.15, 0.2) is 5.78 Å². The van der Waals surface area contributed by atoms with Gasteiger partial charge in [-0.3, -0.25) is 4.79 Å². The van der Waals surface area contributed by atoms with E-state index in [1.807, 2.05) is 30.3 Å². The summed E-state index contributed by atoms with van der Waals surface area (Å²) in [6.07, 6.45) is 0. The fourth-order valence-corrected chi connectivity index (χ4v) is 3.65. The third kappa shape index (κ3) is 4.20. The molecule has 6 heteroatoms. The zero-order valence-electron chi connectivity index (χ0n) is 13.6. The van der Waals surface area contributed by atoms with Crippen molar-refractivity contribution in [2.75, 3.05) is 5.33 Å². The summed E-state index contributed by atoms with van der Waals surface area (Å²) < 4.78 is 30.0. The number of carbonyl (C=O) groups excluding carboxylic acids is 1.